The molecule has 1 aromatic carbocycles. The molecule has 2 amide bonds. The van der Waals surface area contributed by atoms with Crippen LogP contribution < -0.4 is 16.0 Å². The van der Waals surface area contributed by atoms with Crippen LogP contribution in [-0.4, -0.2) is 43.2 Å². The van der Waals surface area contributed by atoms with E-state index in [1.165, 1.54) is 11.1 Å². The average Bonchev–Trinajstić information content (AvgIpc) is 3.17. The summed E-state index contributed by atoms with van der Waals surface area (Å²) in [5.74, 6) is -0.246. The Morgan fingerprint density at radius 1 is 1.27 bits per heavy atom. The third kappa shape index (κ3) is 4.62. The minimum absolute atomic E-state index is 0.0133. The minimum Gasteiger partial charge on any atom is -0.376 e. The van der Waals surface area contributed by atoms with Gasteiger partial charge in [0.1, 0.15) is 6.04 Å². The van der Waals surface area contributed by atoms with Gasteiger partial charge in [-0.05, 0) is 36.3 Å². The van der Waals surface area contributed by atoms with E-state index in [4.69, 9.17) is 4.74 Å². The molecular weight excluding hydrogens is 330 g/mol. The first kappa shape index (κ1) is 18.9. The molecule has 1 saturated heterocycles. The zero-order valence-electron chi connectivity index (χ0n) is 15.6. The van der Waals surface area contributed by atoms with Gasteiger partial charge in [0.05, 0.1) is 12.1 Å². The number of carbonyl (C=O) groups is 2. The molecule has 0 aromatic heterocycles. The maximum absolute atomic E-state index is 12.7. The summed E-state index contributed by atoms with van der Waals surface area (Å²) < 4.78 is 5.54. The van der Waals surface area contributed by atoms with Gasteiger partial charge in [0.25, 0.3) is 0 Å². The molecule has 0 radical (unpaired) electrons. The zero-order valence-corrected chi connectivity index (χ0v) is 15.6. The van der Waals surface area contributed by atoms with Crippen LogP contribution in [0.3, 0.4) is 0 Å². The Kier molecular flexibility index (Phi) is 6.27. The summed E-state index contributed by atoms with van der Waals surface area (Å²) >= 11 is 0. The molecule has 3 rings (SSSR count). The maximum atomic E-state index is 12.7. The van der Waals surface area contributed by atoms with Crippen molar-refractivity contribution in [3.63, 3.8) is 0 Å². The van der Waals surface area contributed by atoms with Crippen molar-refractivity contribution >= 4 is 11.8 Å². The second-order valence-electron chi connectivity index (χ2n) is 7.52. The molecule has 2 aliphatic heterocycles. The van der Waals surface area contributed by atoms with E-state index in [-0.39, 0.29) is 29.9 Å². The summed E-state index contributed by atoms with van der Waals surface area (Å²) in [6.45, 7) is 5.83. The fourth-order valence-electron chi connectivity index (χ4n) is 3.56. The van der Waals surface area contributed by atoms with Gasteiger partial charge in [0.2, 0.25) is 11.8 Å². The maximum Gasteiger partial charge on any atom is 0.242 e. The molecule has 0 spiro atoms. The van der Waals surface area contributed by atoms with Crippen LogP contribution in [-0.2, 0) is 27.3 Å². The molecule has 142 valence electrons. The number of hydrogen-bond donors (Lipinski definition) is 3. The zero-order chi connectivity index (χ0) is 18.5. The van der Waals surface area contributed by atoms with Crippen molar-refractivity contribution in [3.05, 3.63) is 35.4 Å². The molecule has 3 N–H and O–H groups in total. The number of nitrogens with one attached hydrogen (secondary N) is 3. The summed E-state index contributed by atoms with van der Waals surface area (Å²) in [6.07, 6.45) is 2.76. The van der Waals surface area contributed by atoms with Gasteiger partial charge >= 0.3 is 0 Å². The lowest BCUT2D eigenvalue weighted by molar-refractivity contribution is -0.131. The molecule has 26 heavy (non-hydrogen) atoms. The molecule has 6 nitrogen and oxygen atoms in total. The highest BCUT2D eigenvalue weighted by molar-refractivity contribution is 5.90. The summed E-state index contributed by atoms with van der Waals surface area (Å²) in [5.41, 5.74) is 2.42. The van der Waals surface area contributed by atoms with Crippen LogP contribution in [0.15, 0.2) is 24.3 Å². The Balaban J connectivity index is 1.55. The van der Waals surface area contributed by atoms with Crippen molar-refractivity contribution in [2.24, 2.45) is 5.92 Å². The standard InChI is InChI=1S/C20H29N3O3/c1-13(2)18(20(25)22-12-16-8-5-9-26-16)23-19(24)17-10-14-6-3-4-7-15(14)11-21-17/h3-4,6-7,13,16-18,21H,5,8-12H2,1-2H3,(H,22,25)(H,23,24). The smallest absolute Gasteiger partial charge is 0.242 e. The van der Waals surface area contributed by atoms with E-state index in [1.807, 2.05) is 26.0 Å². The third-order valence-electron chi connectivity index (χ3n) is 5.17. The molecule has 3 atom stereocenters. The van der Waals surface area contributed by atoms with Crippen LogP contribution >= 0.6 is 0 Å². The van der Waals surface area contributed by atoms with Crippen molar-refractivity contribution in [2.45, 2.75) is 57.8 Å². The van der Waals surface area contributed by atoms with E-state index in [0.717, 1.165) is 19.4 Å². The van der Waals surface area contributed by atoms with Gasteiger partial charge in [-0.15, -0.1) is 0 Å². The molecule has 1 aromatic rings. The lowest BCUT2D eigenvalue weighted by Gasteiger charge is -2.28. The van der Waals surface area contributed by atoms with Crippen molar-refractivity contribution in [1.82, 2.24) is 16.0 Å². The number of ether oxygens (including phenoxy) is 1. The van der Waals surface area contributed by atoms with Crippen LogP contribution in [0.25, 0.3) is 0 Å². The van der Waals surface area contributed by atoms with Gasteiger partial charge < -0.3 is 20.7 Å². The molecule has 6 heteroatoms. The van der Waals surface area contributed by atoms with E-state index in [9.17, 15) is 9.59 Å². The second kappa shape index (κ2) is 8.64. The van der Waals surface area contributed by atoms with E-state index < -0.39 is 6.04 Å². The Morgan fingerprint density at radius 2 is 2.04 bits per heavy atom. The number of benzene rings is 1. The molecule has 2 aliphatic rings. The fraction of sp³-hybridized carbons (Fsp3) is 0.600. The molecule has 0 saturated carbocycles. The summed E-state index contributed by atoms with van der Waals surface area (Å²) in [6, 6.07) is 7.29. The largest absolute Gasteiger partial charge is 0.376 e. The van der Waals surface area contributed by atoms with Gasteiger partial charge in [-0.25, -0.2) is 0 Å². The van der Waals surface area contributed by atoms with Crippen molar-refractivity contribution in [2.75, 3.05) is 13.2 Å². The lowest BCUT2D eigenvalue weighted by Crippen LogP contribution is -2.56. The molecule has 3 unspecified atom stereocenters. The SMILES string of the molecule is CC(C)C(NC(=O)C1Cc2ccccc2CN1)C(=O)NCC1CCCO1. The number of fused-ring (bicyclic) bond motifs is 1. The number of carbonyl (C=O) groups excluding carboxylic acids is 2. The first-order chi connectivity index (χ1) is 12.5. The summed E-state index contributed by atoms with van der Waals surface area (Å²) in [7, 11) is 0. The fourth-order valence-corrected chi connectivity index (χ4v) is 3.56. The predicted octanol–water partition coefficient (Wildman–Crippen LogP) is 1.14. The molecule has 0 aliphatic carbocycles. The van der Waals surface area contributed by atoms with Gasteiger partial charge in [-0.3, -0.25) is 9.59 Å². The highest BCUT2D eigenvalue weighted by Crippen LogP contribution is 2.17. The lowest BCUT2D eigenvalue weighted by atomic mass is 9.94. The van der Waals surface area contributed by atoms with E-state index in [2.05, 4.69) is 28.1 Å². The Hall–Kier alpha value is -1.92. The topological polar surface area (TPSA) is 79.5 Å². The Labute approximate surface area is 155 Å². The number of rotatable bonds is 6. The monoisotopic (exact) mass is 359 g/mol. The van der Waals surface area contributed by atoms with Crippen molar-refractivity contribution < 1.29 is 14.3 Å². The predicted molar refractivity (Wildman–Crippen MR) is 99.5 cm³/mol. The molecule has 0 bridgehead atoms. The third-order valence-corrected chi connectivity index (χ3v) is 5.17. The summed E-state index contributed by atoms with van der Waals surface area (Å²) in [4.78, 5) is 25.3. The molecular formula is C20H29N3O3. The highest BCUT2D eigenvalue weighted by Gasteiger charge is 2.30. The second-order valence-corrected chi connectivity index (χ2v) is 7.52. The minimum atomic E-state index is -0.539. The van der Waals surface area contributed by atoms with Crippen LogP contribution in [0, 0.1) is 5.92 Å². The molecule has 2 heterocycles. The highest BCUT2D eigenvalue weighted by atomic mass is 16.5. The Morgan fingerprint density at radius 3 is 2.73 bits per heavy atom. The van der Waals surface area contributed by atoms with Gasteiger partial charge in [-0.2, -0.15) is 0 Å². The van der Waals surface area contributed by atoms with Crippen molar-refractivity contribution in [3.8, 4) is 0 Å². The normalized spacial score (nSPS) is 23.3. The van der Waals surface area contributed by atoms with E-state index >= 15 is 0 Å². The van der Waals surface area contributed by atoms with Crippen LogP contribution in [0.1, 0.15) is 37.8 Å². The van der Waals surface area contributed by atoms with Crippen LogP contribution in [0.2, 0.25) is 0 Å². The first-order valence-corrected chi connectivity index (χ1v) is 9.54. The van der Waals surface area contributed by atoms with Gasteiger partial charge in [0, 0.05) is 19.7 Å². The quantitative estimate of drug-likeness (QED) is 0.712. The first-order valence-electron chi connectivity index (χ1n) is 9.54. The van der Waals surface area contributed by atoms with Crippen LogP contribution in [0.5, 0.6) is 0 Å². The number of amides is 2. The number of hydrogen-bond acceptors (Lipinski definition) is 4. The van der Waals surface area contributed by atoms with Crippen molar-refractivity contribution in [1.29, 1.82) is 0 Å². The van der Waals surface area contributed by atoms with Gasteiger partial charge in [0.15, 0.2) is 0 Å². The van der Waals surface area contributed by atoms with Crippen LogP contribution in [0.4, 0.5) is 0 Å². The van der Waals surface area contributed by atoms with E-state index in [0.29, 0.717) is 19.5 Å². The van der Waals surface area contributed by atoms with Gasteiger partial charge in [-0.1, -0.05) is 38.1 Å². The Bertz CT molecular complexity index is 641. The summed E-state index contributed by atoms with van der Waals surface area (Å²) in [5, 5.41) is 9.14. The van der Waals surface area contributed by atoms with E-state index in [1.54, 1.807) is 0 Å². The average molecular weight is 359 g/mol. The molecule has 1 fully saturated rings.